The van der Waals surface area contributed by atoms with E-state index in [0.717, 1.165) is 16.2 Å². The van der Waals surface area contributed by atoms with Gasteiger partial charge >= 0.3 is 0 Å². The summed E-state index contributed by atoms with van der Waals surface area (Å²) < 4.78 is 13.5. The average molecular weight is 258 g/mol. The van der Waals surface area contributed by atoms with Gasteiger partial charge in [0.2, 0.25) is 0 Å². The molecule has 0 heterocycles. The quantitative estimate of drug-likeness (QED) is 0.767. The van der Waals surface area contributed by atoms with E-state index in [2.05, 4.69) is 0 Å². The summed E-state index contributed by atoms with van der Waals surface area (Å²) in [4.78, 5) is 0. The highest BCUT2D eigenvalue weighted by molar-refractivity contribution is 7.79. The van der Waals surface area contributed by atoms with Gasteiger partial charge in [0.15, 0.2) is 0 Å². The van der Waals surface area contributed by atoms with E-state index in [1.807, 2.05) is 75.4 Å². The molecule has 0 aliphatic heterocycles. The molecule has 0 aromatic heterocycles. The molecule has 2 rings (SSSR count). The van der Waals surface area contributed by atoms with Crippen molar-refractivity contribution in [2.45, 2.75) is 26.4 Å². The Morgan fingerprint density at radius 3 is 2.00 bits per heavy atom. The molecule has 0 radical (unpaired) electrons. The van der Waals surface area contributed by atoms with Crippen molar-refractivity contribution in [3.63, 3.8) is 0 Å². The van der Waals surface area contributed by atoms with Gasteiger partial charge in [0, 0.05) is 16.3 Å². The summed E-state index contributed by atoms with van der Waals surface area (Å²) in [5, 5.41) is 1.94. The first kappa shape index (κ1) is 13.1. The second-order valence-corrected chi connectivity index (χ2v) is 8.22. The molecule has 2 aromatic carbocycles. The van der Waals surface area contributed by atoms with Crippen molar-refractivity contribution in [3.05, 3.63) is 60.2 Å². The van der Waals surface area contributed by atoms with Crippen molar-refractivity contribution < 1.29 is 4.57 Å². The number of rotatable bonds is 3. The number of hydrogen-bond donors (Lipinski definition) is 0. The molecule has 2 heteroatoms. The summed E-state index contributed by atoms with van der Waals surface area (Å²) >= 11 is 0. The molecule has 0 spiro atoms. The van der Waals surface area contributed by atoms with Crippen molar-refractivity contribution in [1.29, 1.82) is 0 Å². The molecule has 2 aromatic rings. The summed E-state index contributed by atoms with van der Waals surface area (Å²) in [6, 6.07) is 17.9. The monoisotopic (exact) mass is 258 g/mol. The first-order chi connectivity index (χ1) is 8.56. The first-order valence-electron chi connectivity index (χ1n) is 6.28. The van der Waals surface area contributed by atoms with Crippen molar-refractivity contribution >= 4 is 17.8 Å². The Morgan fingerprint density at radius 2 is 1.44 bits per heavy atom. The second kappa shape index (κ2) is 5.12. The lowest BCUT2D eigenvalue weighted by Gasteiger charge is -2.24. The molecule has 0 amide bonds. The van der Waals surface area contributed by atoms with Gasteiger partial charge in [-0.3, -0.25) is 0 Å². The largest absolute Gasteiger partial charge is 0.313 e. The third-order valence-electron chi connectivity index (χ3n) is 3.34. The summed E-state index contributed by atoms with van der Waals surface area (Å²) in [7, 11) is -2.53. The standard InChI is InChI=1S/C16H19OP/c1-13(2)18(17,15-10-5-4-6-11-15)16-12-8-7-9-14(16)3/h4-13H,1-3H3/t18-/m0/s1. The summed E-state index contributed by atoms with van der Waals surface area (Å²) in [6.07, 6.45) is 0. The maximum atomic E-state index is 13.5. The van der Waals surface area contributed by atoms with Crippen LogP contribution in [0.15, 0.2) is 54.6 Å². The van der Waals surface area contributed by atoms with Gasteiger partial charge in [0.25, 0.3) is 0 Å². The third-order valence-corrected chi connectivity index (χ3v) is 7.08. The molecular weight excluding hydrogens is 239 g/mol. The van der Waals surface area contributed by atoms with E-state index in [9.17, 15) is 4.57 Å². The molecule has 0 saturated carbocycles. The molecule has 94 valence electrons. The minimum absolute atomic E-state index is 0.112. The average Bonchev–Trinajstić information content (AvgIpc) is 2.39. The Labute approximate surface area is 109 Å². The van der Waals surface area contributed by atoms with E-state index in [-0.39, 0.29) is 5.66 Å². The molecule has 0 unspecified atom stereocenters. The topological polar surface area (TPSA) is 17.1 Å². The molecule has 0 bridgehead atoms. The van der Waals surface area contributed by atoms with E-state index < -0.39 is 7.14 Å². The van der Waals surface area contributed by atoms with Crippen molar-refractivity contribution in [1.82, 2.24) is 0 Å². The van der Waals surface area contributed by atoms with E-state index >= 15 is 0 Å². The van der Waals surface area contributed by atoms with Crippen LogP contribution in [0.25, 0.3) is 0 Å². The Hall–Kier alpha value is -1.33. The molecule has 1 nitrogen and oxygen atoms in total. The molecule has 0 N–H and O–H groups in total. The third kappa shape index (κ3) is 2.15. The van der Waals surface area contributed by atoms with Crippen LogP contribution in [-0.4, -0.2) is 5.66 Å². The van der Waals surface area contributed by atoms with E-state index in [1.165, 1.54) is 0 Å². The minimum Gasteiger partial charge on any atom is -0.313 e. The molecule has 0 fully saturated rings. The van der Waals surface area contributed by atoms with Gasteiger partial charge in [-0.15, -0.1) is 0 Å². The van der Waals surface area contributed by atoms with Gasteiger partial charge in [0.1, 0.15) is 7.14 Å². The van der Waals surface area contributed by atoms with Gasteiger partial charge in [-0.1, -0.05) is 68.4 Å². The molecule has 0 saturated heterocycles. The minimum atomic E-state index is -2.53. The fourth-order valence-corrected chi connectivity index (χ4v) is 5.25. The molecule has 1 atom stereocenters. The van der Waals surface area contributed by atoms with Gasteiger partial charge < -0.3 is 4.57 Å². The highest BCUT2D eigenvalue weighted by atomic mass is 31.2. The lowest BCUT2D eigenvalue weighted by atomic mass is 10.2. The van der Waals surface area contributed by atoms with E-state index in [4.69, 9.17) is 0 Å². The highest BCUT2D eigenvalue weighted by Crippen LogP contribution is 2.48. The highest BCUT2D eigenvalue weighted by Gasteiger charge is 2.31. The maximum absolute atomic E-state index is 13.5. The zero-order valence-electron chi connectivity index (χ0n) is 11.1. The van der Waals surface area contributed by atoms with Crippen LogP contribution in [0, 0.1) is 6.92 Å². The van der Waals surface area contributed by atoms with Crippen molar-refractivity contribution in [3.8, 4) is 0 Å². The van der Waals surface area contributed by atoms with Crippen LogP contribution in [0.4, 0.5) is 0 Å². The van der Waals surface area contributed by atoms with E-state index in [1.54, 1.807) is 0 Å². The zero-order valence-corrected chi connectivity index (χ0v) is 12.0. The predicted molar refractivity (Wildman–Crippen MR) is 79.6 cm³/mol. The Kier molecular flexibility index (Phi) is 3.73. The van der Waals surface area contributed by atoms with Gasteiger partial charge in [-0.25, -0.2) is 0 Å². The Bertz CT molecular complexity index is 573. The smallest absolute Gasteiger partial charge is 0.145 e. The molecule has 0 aliphatic carbocycles. The summed E-state index contributed by atoms with van der Waals surface area (Å²) in [5.74, 6) is 0. The maximum Gasteiger partial charge on any atom is 0.145 e. The lowest BCUT2D eigenvalue weighted by Crippen LogP contribution is -2.24. The SMILES string of the molecule is Cc1ccccc1[P@@](=O)(c1ccccc1)C(C)C. The second-order valence-electron chi connectivity index (χ2n) is 4.87. The Morgan fingerprint density at radius 1 is 0.889 bits per heavy atom. The van der Waals surface area contributed by atoms with Crippen LogP contribution in [0.3, 0.4) is 0 Å². The number of benzene rings is 2. The Balaban J connectivity index is 2.67. The van der Waals surface area contributed by atoms with Gasteiger partial charge in [0.05, 0.1) is 0 Å². The number of hydrogen-bond acceptors (Lipinski definition) is 1. The molecular formula is C16H19OP. The fourth-order valence-electron chi connectivity index (χ4n) is 2.30. The van der Waals surface area contributed by atoms with Crippen LogP contribution < -0.4 is 10.6 Å². The van der Waals surface area contributed by atoms with E-state index in [0.29, 0.717) is 0 Å². The normalized spacial score (nSPS) is 14.4. The first-order valence-corrected chi connectivity index (χ1v) is 8.06. The van der Waals surface area contributed by atoms with Crippen LogP contribution in [0.1, 0.15) is 19.4 Å². The van der Waals surface area contributed by atoms with Crippen LogP contribution >= 0.6 is 7.14 Å². The van der Waals surface area contributed by atoms with Crippen LogP contribution in [0.2, 0.25) is 0 Å². The molecule has 0 aliphatic rings. The van der Waals surface area contributed by atoms with Crippen molar-refractivity contribution in [2.75, 3.05) is 0 Å². The van der Waals surface area contributed by atoms with Gasteiger partial charge in [-0.05, 0) is 12.5 Å². The zero-order chi connectivity index (χ0) is 13.2. The number of aryl methyl sites for hydroxylation is 1. The summed E-state index contributed by atoms with van der Waals surface area (Å²) in [5.41, 5.74) is 1.22. The summed E-state index contributed by atoms with van der Waals surface area (Å²) in [6.45, 7) is 6.12. The molecule has 18 heavy (non-hydrogen) atoms. The lowest BCUT2D eigenvalue weighted by molar-refractivity contribution is 0.581. The van der Waals surface area contributed by atoms with Gasteiger partial charge in [-0.2, -0.15) is 0 Å². The fraction of sp³-hybridized carbons (Fsp3) is 0.250. The van der Waals surface area contributed by atoms with Crippen LogP contribution in [-0.2, 0) is 4.57 Å². The predicted octanol–water partition coefficient (Wildman–Crippen LogP) is 3.72. The van der Waals surface area contributed by atoms with Crippen molar-refractivity contribution in [2.24, 2.45) is 0 Å². The van der Waals surface area contributed by atoms with Crippen LogP contribution in [0.5, 0.6) is 0 Å².